The summed E-state index contributed by atoms with van der Waals surface area (Å²) >= 11 is 0. The smallest absolute Gasteiger partial charge is 0.410 e. The number of nitrogens with zero attached hydrogens (tertiary/aromatic N) is 1. The van der Waals surface area contributed by atoms with Gasteiger partial charge in [0.1, 0.15) is 5.60 Å². The average molecular weight is 329 g/mol. The molecule has 1 fully saturated rings. The van der Waals surface area contributed by atoms with Gasteiger partial charge in [0.15, 0.2) is 0 Å². The highest BCUT2D eigenvalue weighted by atomic mass is 16.6. The third-order valence-corrected chi connectivity index (χ3v) is 3.63. The lowest BCUT2D eigenvalue weighted by Crippen LogP contribution is -2.52. The normalized spacial score (nSPS) is 17.7. The first-order chi connectivity index (χ1) is 10.7. The topological polar surface area (TPSA) is 79.9 Å². The number of likely N-dealkylation sites (tertiary alicyclic amines) is 1. The van der Waals surface area contributed by atoms with Crippen LogP contribution >= 0.6 is 0 Å². The Bertz CT molecular complexity index is 387. The van der Waals surface area contributed by atoms with Crippen LogP contribution in [0, 0.1) is 0 Å². The summed E-state index contributed by atoms with van der Waals surface area (Å²) in [7, 11) is 1.60. The summed E-state index contributed by atoms with van der Waals surface area (Å²) < 4.78 is 10.3. The Kier molecular flexibility index (Phi) is 7.78. The van der Waals surface area contributed by atoms with Gasteiger partial charge in [0.25, 0.3) is 0 Å². The molecule has 0 aromatic rings. The van der Waals surface area contributed by atoms with E-state index in [2.05, 4.69) is 10.6 Å². The molecule has 0 aromatic carbocycles. The van der Waals surface area contributed by atoms with Gasteiger partial charge < -0.3 is 25.0 Å². The van der Waals surface area contributed by atoms with Gasteiger partial charge in [-0.3, -0.25) is 4.79 Å². The third-order valence-electron chi connectivity index (χ3n) is 3.63. The van der Waals surface area contributed by atoms with Crippen LogP contribution in [0.15, 0.2) is 0 Å². The Morgan fingerprint density at radius 2 is 1.87 bits per heavy atom. The molecule has 1 heterocycles. The first-order valence-corrected chi connectivity index (χ1v) is 8.23. The first kappa shape index (κ1) is 19.7. The summed E-state index contributed by atoms with van der Waals surface area (Å²) in [6.07, 6.45) is 1.37. The summed E-state index contributed by atoms with van der Waals surface area (Å²) in [4.78, 5) is 25.6. The van der Waals surface area contributed by atoms with Gasteiger partial charge in [-0.05, 0) is 40.5 Å². The Labute approximate surface area is 139 Å². The van der Waals surface area contributed by atoms with Crippen LogP contribution in [-0.2, 0) is 14.3 Å². The number of methoxy groups -OCH3 is 1. The van der Waals surface area contributed by atoms with Gasteiger partial charge >= 0.3 is 6.09 Å². The number of nitrogens with one attached hydrogen (secondary N) is 2. The van der Waals surface area contributed by atoms with Gasteiger partial charge in [0.2, 0.25) is 5.91 Å². The predicted molar refractivity (Wildman–Crippen MR) is 88.3 cm³/mol. The fraction of sp³-hybridized carbons (Fsp3) is 0.875. The quantitative estimate of drug-likeness (QED) is 0.714. The van der Waals surface area contributed by atoms with E-state index < -0.39 is 5.60 Å². The van der Waals surface area contributed by atoms with Crippen LogP contribution in [0.4, 0.5) is 4.79 Å². The number of rotatable bonds is 6. The zero-order valence-electron chi connectivity index (χ0n) is 15.0. The molecule has 0 spiro atoms. The maximum Gasteiger partial charge on any atom is 0.410 e. The van der Waals surface area contributed by atoms with E-state index in [9.17, 15) is 9.59 Å². The lowest BCUT2D eigenvalue weighted by atomic mass is 10.0. The van der Waals surface area contributed by atoms with E-state index >= 15 is 0 Å². The van der Waals surface area contributed by atoms with Gasteiger partial charge in [-0.1, -0.05) is 0 Å². The Balaban J connectivity index is 2.30. The van der Waals surface area contributed by atoms with Gasteiger partial charge in [-0.25, -0.2) is 4.79 Å². The fourth-order valence-electron chi connectivity index (χ4n) is 2.41. The van der Waals surface area contributed by atoms with Crippen LogP contribution in [0.3, 0.4) is 0 Å². The molecule has 7 heteroatoms. The van der Waals surface area contributed by atoms with Crippen molar-refractivity contribution in [3.05, 3.63) is 0 Å². The molecule has 0 aliphatic carbocycles. The molecule has 1 aliphatic heterocycles. The molecule has 1 unspecified atom stereocenters. The number of carbonyl (C=O) groups excluding carboxylic acids is 2. The van der Waals surface area contributed by atoms with E-state index in [1.165, 1.54) is 0 Å². The number of amides is 2. The molecule has 1 rings (SSSR count). The van der Waals surface area contributed by atoms with Gasteiger partial charge in [0.05, 0.1) is 12.6 Å². The number of hydrogen-bond donors (Lipinski definition) is 2. The summed E-state index contributed by atoms with van der Waals surface area (Å²) in [6.45, 7) is 9.75. The summed E-state index contributed by atoms with van der Waals surface area (Å²) in [6, 6.07) is -0.0261. The molecular formula is C16H31N3O4. The molecular weight excluding hydrogens is 298 g/mol. The van der Waals surface area contributed by atoms with Crippen molar-refractivity contribution in [2.45, 2.75) is 58.2 Å². The van der Waals surface area contributed by atoms with Crippen LogP contribution < -0.4 is 10.6 Å². The number of piperidine rings is 1. The van der Waals surface area contributed by atoms with Crippen molar-refractivity contribution in [2.24, 2.45) is 0 Å². The van der Waals surface area contributed by atoms with Crippen molar-refractivity contribution in [1.29, 1.82) is 0 Å². The van der Waals surface area contributed by atoms with E-state index in [-0.39, 0.29) is 24.1 Å². The molecule has 2 amide bonds. The lowest BCUT2D eigenvalue weighted by Gasteiger charge is -2.34. The minimum atomic E-state index is -0.471. The maximum absolute atomic E-state index is 12.0. The second kappa shape index (κ2) is 9.08. The van der Waals surface area contributed by atoms with Gasteiger partial charge in [-0.15, -0.1) is 0 Å². The molecule has 1 saturated heterocycles. The van der Waals surface area contributed by atoms with Crippen molar-refractivity contribution < 1.29 is 19.1 Å². The maximum atomic E-state index is 12.0. The summed E-state index contributed by atoms with van der Waals surface area (Å²) in [5.41, 5.74) is -0.471. The van der Waals surface area contributed by atoms with Crippen LogP contribution in [-0.4, -0.2) is 67.9 Å². The Hall–Kier alpha value is -1.34. The minimum absolute atomic E-state index is 0.0309. The van der Waals surface area contributed by atoms with Gasteiger partial charge in [0, 0.05) is 32.8 Å². The fourth-order valence-corrected chi connectivity index (χ4v) is 2.41. The number of hydrogen-bond acceptors (Lipinski definition) is 5. The summed E-state index contributed by atoms with van der Waals surface area (Å²) in [5, 5.41) is 6.14. The Morgan fingerprint density at radius 1 is 1.26 bits per heavy atom. The first-order valence-electron chi connectivity index (χ1n) is 8.23. The highest BCUT2D eigenvalue weighted by molar-refractivity contribution is 5.81. The van der Waals surface area contributed by atoms with Crippen LogP contribution in [0.25, 0.3) is 0 Å². The molecule has 1 atom stereocenters. The van der Waals surface area contributed by atoms with Crippen LogP contribution in [0.1, 0.15) is 40.5 Å². The summed E-state index contributed by atoms with van der Waals surface area (Å²) in [5.74, 6) is -0.0309. The molecule has 7 nitrogen and oxygen atoms in total. The molecule has 1 aliphatic rings. The van der Waals surface area contributed by atoms with Crippen molar-refractivity contribution >= 4 is 12.0 Å². The highest BCUT2D eigenvalue weighted by Gasteiger charge is 2.28. The molecule has 23 heavy (non-hydrogen) atoms. The largest absolute Gasteiger partial charge is 0.444 e. The van der Waals surface area contributed by atoms with E-state index in [0.29, 0.717) is 26.2 Å². The second-order valence-electron chi connectivity index (χ2n) is 6.91. The van der Waals surface area contributed by atoms with Crippen molar-refractivity contribution in [3.8, 4) is 0 Å². The Morgan fingerprint density at radius 3 is 2.39 bits per heavy atom. The SMILES string of the molecule is COCCNC(=O)C(C)NC1CCN(C(=O)OC(C)(C)C)CC1. The number of ether oxygens (including phenoxy) is 2. The monoisotopic (exact) mass is 329 g/mol. The minimum Gasteiger partial charge on any atom is -0.444 e. The lowest BCUT2D eigenvalue weighted by molar-refractivity contribution is -0.123. The van der Waals surface area contributed by atoms with Crippen LogP contribution in [0.2, 0.25) is 0 Å². The van der Waals surface area contributed by atoms with E-state index in [1.54, 1.807) is 12.0 Å². The second-order valence-corrected chi connectivity index (χ2v) is 6.91. The number of carbonyl (C=O) groups is 2. The molecule has 0 aromatic heterocycles. The van der Waals surface area contributed by atoms with Crippen molar-refractivity contribution in [2.75, 3.05) is 33.4 Å². The van der Waals surface area contributed by atoms with E-state index in [1.807, 2.05) is 27.7 Å². The third kappa shape index (κ3) is 7.65. The van der Waals surface area contributed by atoms with Gasteiger partial charge in [-0.2, -0.15) is 0 Å². The molecule has 2 N–H and O–H groups in total. The predicted octanol–water partition coefficient (Wildman–Crippen LogP) is 1.13. The molecule has 0 bridgehead atoms. The van der Waals surface area contributed by atoms with Crippen molar-refractivity contribution in [3.63, 3.8) is 0 Å². The van der Waals surface area contributed by atoms with E-state index in [0.717, 1.165) is 12.8 Å². The zero-order valence-corrected chi connectivity index (χ0v) is 15.0. The highest BCUT2D eigenvalue weighted by Crippen LogP contribution is 2.15. The standard InChI is InChI=1S/C16H31N3O4/c1-12(14(20)17-8-11-22-5)18-13-6-9-19(10-7-13)15(21)23-16(2,3)4/h12-13,18H,6-11H2,1-5H3,(H,17,20). The zero-order chi connectivity index (χ0) is 17.5. The van der Waals surface area contributed by atoms with Crippen molar-refractivity contribution in [1.82, 2.24) is 15.5 Å². The van der Waals surface area contributed by atoms with E-state index in [4.69, 9.17) is 9.47 Å². The molecule has 0 saturated carbocycles. The molecule has 134 valence electrons. The van der Waals surface area contributed by atoms with Crippen LogP contribution in [0.5, 0.6) is 0 Å². The molecule has 0 radical (unpaired) electrons. The average Bonchev–Trinajstić information content (AvgIpc) is 2.46.